The van der Waals surface area contributed by atoms with E-state index in [0.29, 0.717) is 12.3 Å². The number of hydrogen-bond acceptors (Lipinski definition) is 3. The Morgan fingerprint density at radius 3 is 2.72 bits per heavy atom. The zero-order valence-electron chi connectivity index (χ0n) is 11.3. The largest absolute Gasteiger partial charge is 0.496 e. The number of nitrogens with two attached hydrogens (primary N) is 1. The minimum absolute atomic E-state index is 0.461. The van der Waals surface area contributed by atoms with E-state index in [4.69, 9.17) is 10.5 Å². The summed E-state index contributed by atoms with van der Waals surface area (Å²) < 4.78 is 17.2. The maximum atomic E-state index is 11.9. The zero-order chi connectivity index (χ0) is 13.4. The zero-order valence-corrected chi connectivity index (χ0v) is 12.1. The van der Waals surface area contributed by atoms with E-state index < -0.39 is 10.8 Å². The molecule has 0 heterocycles. The van der Waals surface area contributed by atoms with E-state index in [1.807, 2.05) is 18.2 Å². The normalized spacial score (nSPS) is 12.4. The van der Waals surface area contributed by atoms with Gasteiger partial charge in [-0.25, -0.2) is 0 Å². The second-order valence-electron chi connectivity index (χ2n) is 4.35. The van der Waals surface area contributed by atoms with Crippen molar-refractivity contribution in [2.45, 2.75) is 38.5 Å². The molecular formula is C14H23NO2S. The first-order valence-electron chi connectivity index (χ1n) is 6.42. The molecule has 0 bridgehead atoms. The lowest BCUT2D eigenvalue weighted by molar-refractivity contribution is 0.409. The van der Waals surface area contributed by atoms with Crippen molar-refractivity contribution in [3.8, 4) is 5.75 Å². The number of hydrogen-bond donors (Lipinski definition) is 1. The molecule has 0 aromatic heterocycles. The molecule has 102 valence electrons. The van der Waals surface area contributed by atoms with Crippen molar-refractivity contribution in [2.24, 2.45) is 5.73 Å². The first kappa shape index (κ1) is 15.2. The summed E-state index contributed by atoms with van der Waals surface area (Å²) in [5, 5.41) is 0. The quantitative estimate of drug-likeness (QED) is 0.738. The first-order valence-corrected chi connectivity index (χ1v) is 7.90. The lowest BCUT2D eigenvalue weighted by Gasteiger charge is -2.09. The van der Waals surface area contributed by atoms with E-state index in [0.717, 1.165) is 41.9 Å². The summed E-state index contributed by atoms with van der Waals surface area (Å²) in [6, 6.07) is 5.89. The van der Waals surface area contributed by atoms with Gasteiger partial charge in [-0.05, 0) is 18.1 Å². The van der Waals surface area contributed by atoms with Crippen LogP contribution in [0.5, 0.6) is 5.75 Å². The van der Waals surface area contributed by atoms with Gasteiger partial charge < -0.3 is 10.5 Å². The van der Waals surface area contributed by atoms with Crippen LogP contribution in [0.25, 0.3) is 0 Å². The SMILES string of the molecule is CCCCCS(=O)Cc1ccc(CN)c(OC)c1. The molecule has 1 atom stereocenters. The smallest absolute Gasteiger partial charge is 0.123 e. The van der Waals surface area contributed by atoms with Crippen LogP contribution >= 0.6 is 0 Å². The molecule has 4 heteroatoms. The Hall–Kier alpha value is -0.870. The van der Waals surface area contributed by atoms with Crippen LogP contribution in [0.15, 0.2) is 18.2 Å². The average Bonchev–Trinajstić information content (AvgIpc) is 2.39. The maximum Gasteiger partial charge on any atom is 0.123 e. The van der Waals surface area contributed by atoms with Crippen molar-refractivity contribution in [1.82, 2.24) is 0 Å². The van der Waals surface area contributed by atoms with Crippen LogP contribution in [0, 0.1) is 0 Å². The molecule has 1 rings (SSSR count). The van der Waals surface area contributed by atoms with Gasteiger partial charge in [0.05, 0.1) is 7.11 Å². The Kier molecular flexibility index (Phi) is 6.98. The van der Waals surface area contributed by atoms with Gasteiger partial charge in [0.2, 0.25) is 0 Å². The lowest BCUT2D eigenvalue weighted by Crippen LogP contribution is -2.04. The highest BCUT2D eigenvalue weighted by Gasteiger charge is 2.06. The van der Waals surface area contributed by atoms with Crippen molar-refractivity contribution in [2.75, 3.05) is 12.9 Å². The van der Waals surface area contributed by atoms with Gasteiger partial charge in [0.25, 0.3) is 0 Å². The summed E-state index contributed by atoms with van der Waals surface area (Å²) in [5.74, 6) is 2.18. The van der Waals surface area contributed by atoms with Crippen LogP contribution in [-0.2, 0) is 23.1 Å². The second kappa shape index (κ2) is 8.27. The van der Waals surface area contributed by atoms with E-state index in [1.54, 1.807) is 7.11 Å². The van der Waals surface area contributed by atoms with Crippen molar-refractivity contribution < 1.29 is 8.95 Å². The molecule has 1 aromatic rings. The molecule has 0 spiro atoms. The minimum atomic E-state index is -0.778. The predicted octanol–water partition coefficient (Wildman–Crippen LogP) is 2.59. The molecule has 1 aromatic carbocycles. The average molecular weight is 269 g/mol. The van der Waals surface area contributed by atoms with Crippen LogP contribution in [-0.4, -0.2) is 17.1 Å². The number of benzene rings is 1. The van der Waals surface area contributed by atoms with Gasteiger partial charge in [-0.2, -0.15) is 0 Å². The van der Waals surface area contributed by atoms with Crippen LogP contribution < -0.4 is 10.5 Å². The molecule has 0 radical (unpaired) electrons. The third-order valence-corrected chi connectivity index (χ3v) is 4.27. The van der Waals surface area contributed by atoms with Crippen LogP contribution in [0.2, 0.25) is 0 Å². The third-order valence-electron chi connectivity index (χ3n) is 2.87. The predicted molar refractivity (Wildman–Crippen MR) is 77.1 cm³/mol. The lowest BCUT2D eigenvalue weighted by atomic mass is 10.1. The fraction of sp³-hybridized carbons (Fsp3) is 0.571. The van der Waals surface area contributed by atoms with Gasteiger partial charge in [-0.15, -0.1) is 0 Å². The van der Waals surface area contributed by atoms with E-state index in [2.05, 4.69) is 6.92 Å². The number of unbranched alkanes of at least 4 members (excludes halogenated alkanes) is 2. The van der Waals surface area contributed by atoms with Crippen molar-refractivity contribution >= 4 is 10.8 Å². The molecule has 0 aliphatic rings. The van der Waals surface area contributed by atoms with E-state index in [-0.39, 0.29) is 0 Å². The molecule has 0 aliphatic carbocycles. The molecule has 3 nitrogen and oxygen atoms in total. The fourth-order valence-corrected chi connectivity index (χ4v) is 3.04. The molecule has 2 N–H and O–H groups in total. The van der Waals surface area contributed by atoms with Gasteiger partial charge in [-0.3, -0.25) is 4.21 Å². The summed E-state index contributed by atoms with van der Waals surface area (Å²) in [5.41, 5.74) is 7.66. The van der Waals surface area contributed by atoms with Crippen LogP contribution in [0.3, 0.4) is 0 Å². The Morgan fingerprint density at radius 2 is 2.11 bits per heavy atom. The monoisotopic (exact) mass is 269 g/mol. The second-order valence-corrected chi connectivity index (χ2v) is 5.92. The van der Waals surface area contributed by atoms with Crippen molar-refractivity contribution in [3.63, 3.8) is 0 Å². The molecule has 0 saturated heterocycles. The van der Waals surface area contributed by atoms with Crippen LogP contribution in [0.4, 0.5) is 0 Å². The van der Waals surface area contributed by atoms with Gasteiger partial charge in [0.1, 0.15) is 5.75 Å². The summed E-state index contributed by atoms with van der Waals surface area (Å²) in [6.45, 7) is 2.61. The summed E-state index contributed by atoms with van der Waals surface area (Å²) in [4.78, 5) is 0. The van der Waals surface area contributed by atoms with E-state index >= 15 is 0 Å². The maximum absolute atomic E-state index is 11.9. The Bertz CT molecular complexity index is 393. The Balaban J connectivity index is 2.59. The molecule has 0 saturated carbocycles. The highest BCUT2D eigenvalue weighted by Crippen LogP contribution is 2.20. The first-order chi connectivity index (χ1) is 8.71. The van der Waals surface area contributed by atoms with E-state index in [1.165, 1.54) is 0 Å². The fourth-order valence-electron chi connectivity index (χ4n) is 1.82. The molecule has 0 aliphatic heterocycles. The molecule has 1 unspecified atom stereocenters. The summed E-state index contributed by atoms with van der Waals surface area (Å²) in [6.07, 6.45) is 3.36. The minimum Gasteiger partial charge on any atom is -0.496 e. The number of ether oxygens (including phenoxy) is 1. The van der Waals surface area contributed by atoms with Crippen molar-refractivity contribution in [1.29, 1.82) is 0 Å². The Morgan fingerprint density at radius 1 is 1.33 bits per heavy atom. The third kappa shape index (κ3) is 4.78. The van der Waals surface area contributed by atoms with Gasteiger partial charge in [0, 0.05) is 34.4 Å². The topological polar surface area (TPSA) is 52.3 Å². The number of methoxy groups -OCH3 is 1. The van der Waals surface area contributed by atoms with Gasteiger partial charge in [-0.1, -0.05) is 31.9 Å². The highest BCUT2D eigenvalue weighted by molar-refractivity contribution is 7.84. The highest BCUT2D eigenvalue weighted by atomic mass is 32.2. The molecular weight excluding hydrogens is 246 g/mol. The molecule has 0 fully saturated rings. The number of rotatable bonds is 8. The van der Waals surface area contributed by atoms with Gasteiger partial charge >= 0.3 is 0 Å². The standard InChI is InChI=1S/C14H23NO2S/c1-3-4-5-8-18(16)11-12-6-7-13(10-15)14(9-12)17-2/h6-7,9H,3-5,8,10-11,15H2,1-2H3. The van der Waals surface area contributed by atoms with E-state index in [9.17, 15) is 4.21 Å². The van der Waals surface area contributed by atoms with Gasteiger partial charge in [0.15, 0.2) is 0 Å². The molecule has 18 heavy (non-hydrogen) atoms. The van der Waals surface area contributed by atoms with Crippen molar-refractivity contribution in [3.05, 3.63) is 29.3 Å². The summed E-state index contributed by atoms with van der Waals surface area (Å²) >= 11 is 0. The summed E-state index contributed by atoms with van der Waals surface area (Å²) in [7, 11) is 0.857. The molecule has 0 amide bonds. The van der Waals surface area contributed by atoms with Crippen LogP contribution in [0.1, 0.15) is 37.3 Å². The Labute approximate surface area is 112 Å².